The van der Waals surface area contributed by atoms with Crippen LogP contribution >= 0.6 is 11.6 Å². The van der Waals surface area contributed by atoms with Gasteiger partial charge in [0.25, 0.3) is 5.91 Å². The first-order chi connectivity index (χ1) is 18.0. The highest BCUT2D eigenvalue weighted by Crippen LogP contribution is 2.50. The smallest absolute Gasteiger partial charge is 0.271 e. The molecule has 5 rings (SSSR count). The summed E-state index contributed by atoms with van der Waals surface area (Å²) in [6.45, 7) is 0.379. The summed E-state index contributed by atoms with van der Waals surface area (Å²) < 4.78 is 56.8. The Balaban J connectivity index is 1.41. The Morgan fingerprint density at radius 2 is 2.03 bits per heavy atom. The van der Waals surface area contributed by atoms with E-state index >= 15 is 0 Å². The molecule has 202 valence electrons. The molecule has 1 aromatic carbocycles. The van der Waals surface area contributed by atoms with E-state index < -0.39 is 77.1 Å². The number of H-pyrrole nitrogens is 1. The molecule has 8 nitrogen and oxygen atoms in total. The molecule has 0 unspecified atom stereocenters. The lowest BCUT2D eigenvalue weighted by Gasteiger charge is -2.29. The zero-order valence-corrected chi connectivity index (χ0v) is 20.8. The van der Waals surface area contributed by atoms with Gasteiger partial charge in [-0.05, 0) is 37.2 Å². The molecule has 0 radical (unpaired) electrons. The standard InChI is InChI=1S/C25H24ClF4N5O3/c26-19-17(28)6-16(27)14-5-18(34-20(14)19)24(38)35-10-12-7-25(29,30)8-15(12)21(35)23(37)33-13(9-31)4-11-2-1-3-32-22(11)36/h5-6,11-13,15,21,34H,1-4,7-8,10H2,(H,32,36)(H,33,37)/t11-,12+,13-,15+,21+/m0/s1. The molecule has 3 aliphatic rings. The van der Waals surface area contributed by atoms with Crippen molar-refractivity contribution < 1.29 is 31.9 Å². The Bertz CT molecular complexity index is 1360. The number of aromatic nitrogens is 1. The predicted octanol–water partition coefficient (Wildman–Crippen LogP) is 3.51. The van der Waals surface area contributed by atoms with Crippen LogP contribution in [0.1, 0.15) is 42.6 Å². The molecule has 13 heteroatoms. The molecule has 2 aliphatic heterocycles. The highest BCUT2D eigenvalue weighted by atomic mass is 35.5. The fourth-order valence-corrected chi connectivity index (χ4v) is 6.25. The fourth-order valence-electron chi connectivity index (χ4n) is 6.05. The van der Waals surface area contributed by atoms with Gasteiger partial charge in [-0.2, -0.15) is 5.26 Å². The monoisotopic (exact) mass is 553 g/mol. The number of benzene rings is 1. The van der Waals surface area contributed by atoms with Crippen LogP contribution in [-0.4, -0.2) is 58.7 Å². The Hall–Kier alpha value is -3.33. The number of amides is 3. The number of carbonyl (C=O) groups is 3. The van der Waals surface area contributed by atoms with E-state index in [1.54, 1.807) is 0 Å². The van der Waals surface area contributed by atoms with E-state index in [0.29, 0.717) is 19.0 Å². The summed E-state index contributed by atoms with van der Waals surface area (Å²) >= 11 is 5.92. The second-order valence-electron chi connectivity index (χ2n) is 10.3. The number of piperidine rings is 1. The van der Waals surface area contributed by atoms with E-state index in [1.807, 2.05) is 6.07 Å². The molecule has 5 atom stereocenters. The molecule has 1 saturated carbocycles. The first-order valence-electron chi connectivity index (χ1n) is 12.3. The number of nitrogens with one attached hydrogen (secondary N) is 3. The predicted molar refractivity (Wildman–Crippen MR) is 127 cm³/mol. The average Bonchev–Trinajstić information content (AvgIpc) is 3.53. The van der Waals surface area contributed by atoms with Gasteiger partial charge in [-0.25, -0.2) is 17.6 Å². The van der Waals surface area contributed by atoms with Gasteiger partial charge < -0.3 is 20.5 Å². The van der Waals surface area contributed by atoms with Crippen molar-refractivity contribution >= 4 is 40.2 Å². The van der Waals surface area contributed by atoms with Crippen LogP contribution < -0.4 is 10.6 Å². The first kappa shape index (κ1) is 26.3. The van der Waals surface area contributed by atoms with Gasteiger partial charge in [0.05, 0.1) is 11.6 Å². The number of nitrogens with zero attached hydrogens (tertiary/aromatic N) is 2. The van der Waals surface area contributed by atoms with Crippen molar-refractivity contribution in [3.05, 3.63) is 34.5 Å². The van der Waals surface area contributed by atoms with E-state index in [4.69, 9.17) is 11.6 Å². The SMILES string of the molecule is N#C[C@H](C[C@@H]1CCCNC1=O)NC(=O)[C@H]1[C@@H]2CC(F)(F)C[C@@H]2CN1C(=O)c1cc2c(F)cc(F)c(Cl)c2[nH]1. The molecule has 3 amide bonds. The summed E-state index contributed by atoms with van der Waals surface area (Å²) in [7, 11) is 0. The van der Waals surface area contributed by atoms with Crippen molar-refractivity contribution in [3.8, 4) is 6.07 Å². The molecule has 1 aliphatic carbocycles. The van der Waals surface area contributed by atoms with E-state index in [-0.39, 0.29) is 35.5 Å². The molecular formula is C25H24ClF4N5O3. The summed E-state index contributed by atoms with van der Waals surface area (Å²) in [5.41, 5.74) is -0.332. The number of hydrogen-bond donors (Lipinski definition) is 3. The number of nitriles is 1. The third kappa shape index (κ3) is 4.68. The highest BCUT2D eigenvalue weighted by molar-refractivity contribution is 6.35. The van der Waals surface area contributed by atoms with E-state index in [0.717, 1.165) is 17.4 Å². The van der Waals surface area contributed by atoms with Gasteiger partial charge in [0.1, 0.15) is 34.4 Å². The number of likely N-dealkylation sites (tertiary alicyclic amines) is 1. The third-order valence-corrected chi connectivity index (χ3v) is 8.15. The average molecular weight is 554 g/mol. The molecule has 1 aromatic heterocycles. The lowest BCUT2D eigenvalue weighted by Crippen LogP contribution is -2.52. The quantitative estimate of drug-likeness (QED) is 0.388. The van der Waals surface area contributed by atoms with Gasteiger partial charge >= 0.3 is 0 Å². The number of alkyl halides is 2. The largest absolute Gasteiger partial charge is 0.356 e. The summed E-state index contributed by atoms with van der Waals surface area (Å²) in [4.78, 5) is 42.8. The molecule has 0 spiro atoms. The third-order valence-electron chi connectivity index (χ3n) is 7.78. The summed E-state index contributed by atoms with van der Waals surface area (Å²) in [5, 5.41) is 14.3. The van der Waals surface area contributed by atoms with E-state index in [9.17, 15) is 37.2 Å². The number of carbonyl (C=O) groups excluding carboxylic acids is 3. The molecule has 2 saturated heterocycles. The first-order valence-corrected chi connectivity index (χ1v) is 12.7. The van der Waals surface area contributed by atoms with Crippen molar-refractivity contribution in [1.29, 1.82) is 5.26 Å². The fraction of sp³-hybridized carbons (Fsp3) is 0.520. The van der Waals surface area contributed by atoms with Gasteiger partial charge in [0.15, 0.2) is 0 Å². The zero-order chi connectivity index (χ0) is 27.4. The van der Waals surface area contributed by atoms with Gasteiger partial charge in [-0.1, -0.05) is 11.6 Å². The van der Waals surface area contributed by atoms with Crippen LogP contribution in [-0.2, 0) is 9.59 Å². The Morgan fingerprint density at radius 3 is 2.74 bits per heavy atom. The second kappa shape index (κ2) is 9.76. The van der Waals surface area contributed by atoms with Crippen LogP contribution in [0.15, 0.2) is 12.1 Å². The van der Waals surface area contributed by atoms with Crippen molar-refractivity contribution in [3.63, 3.8) is 0 Å². The van der Waals surface area contributed by atoms with Gasteiger partial charge in [0.2, 0.25) is 17.7 Å². The van der Waals surface area contributed by atoms with Crippen LogP contribution in [0.25, 0.3) is 10.9 Å². The minimum atomic E-state index is -3.01. The molecule has 2 aromatic rings. The van der Waals surface area contributed by atoms with Crippen LogP contribution in [0.5, 0.6) is 0 Å². The summed E-state index contributed by atoms with van der Waals surface area (Å²) in [6.07, 6.45) is 0.203. The van der Waals surface area contributed by atoms with Gasteiger partial charge in [-0.3, -0.25) is 14.4 Å². The van der Waals surface area contributed by atoms with E-state index in [2.05, 4.69) is 15.6 Å². The number of halogens is 5. The van der Waals surface area contributed by atoms with Crippen LogP contribution in [0, 0.1) is 40.7 Å². The summed E-state index contributed by atoms with van der Waals surface area (Å²) in [5.74, 6) is -8.77. The number of hydrogen-bond acceptors (Lipinski definition) is 4. The maximum Gasteiger partial charge on any atom is 0.271 e. The molecule has 38 heavy (non-hydrogen) atoms. The zero-order valence-electron chi connectivity index (χ0n) is 20.0. The normalized spacial score (nSPS) is 27.1. The Morgan fingerprint density at radius 1 is 1.26 bits per heavy atom. The molecule has 3 fully saturated rings. The van der Waals surface area contributed by atoms with Crippen LogP contribution in [0.4, 0.5) is 17.6 Å². The Kier molecular flexibility index (Phi) is 6.75. The maximum absolute atomic E-state index is 14.3. The summed E-state index contributed by atoms with van der Waals surface area (Å²) in [6, 6.07) is 1.28. The van der Waals surface area contributed by atoms with Gasteiger partial charge in [-0.15, -0.1) is 0 Å². The van der Waals surface area contributed by atoms with Crippen LogP contribution in [0.3, 0.4) is 0 Å². The lowest BCUT2D eigenvalue weighted by molar-refractivity contribution is -0.129. The van der Waals surface area contributed by atoms with Crippen molar-refractivity contribution in [1.82, 2.24) is 20.5 Å². The van der Waals surface area contributed by atoms with E-state index in [1.165, 1.54) is 0 Å². The van der Waals surface area contributed by atoms with Crippen molar-refractivity contribution in [2.75, 3.05) is 13.1 Å². The molecule has 3 heterocycles. The number of fused-ring (bicyclic) bond motifs is 2. The van der Waals surface area contributed by atoms with Crippen LogP contribution in [0.2, 0.25) is 5.02 Å². The minimum absolute atomic E-state index is 0.0460. The topological polar surface area (TPSA) is 118 Å². The molecule has 3 N–H and O–H groups in total. The molecular weight excluding hydrogens is 530 g/mol. The van der Waals surface area contributed by atoms with Crippen molar-refractivity contribution in [2.24, 2.45) is 17.8 Å². The Labute approximate surface area is 219 Å². The second-order valence-corrected chi connectivity index (χ2v) is 10.7. The van der Waals surface area contributed by atoms with Gasteiger partial charge in [0, 0.05) is 43.3 Å². The molecule has 0 bridgehead atoms. The minimum Gasteiger partial charge on any atom is -0.356 e. The number of rotatable bonds is 5. The lowest BCUT2D eigenvalue weighted by atomic mass is 9.90. The maximum atomic E-state index is 14.3. The number of aromatic amines is 1. The van der Waals surface area contributed by atoms with Crippen molar-refractivity contribution in [2.45, 2.75) is 50.1 Å². The highest BCUT2D eigenvalue weighted by Gasteiger charge is 2.58.